The number of hydrogen-bond acceptors (Lipinski definition) is 4. The summed E-state index contributed by atoms with van der Waals surface area (Å²) in [6, 6.07) is 3.49. The van der Waals surface area contributed by atoms with Crippen LogP contribution < -0.4 is 10.2 Å². The SMILES string of the molecule is Cc1c(OCC2(O)CC2)ccc(C2=NNCCC2C)c1F. The highest BCUT2D eigenvalue weighted by Crippen LogP contribution is 2.36. The highest BCUT2D eigenvalue weighted by molar-refractivity contribution is 6.02. The van der Waals surface area contributed by atoms with E-state index in [9.17, 15) is 9.50 Å². The number of benzene rings is 1. The van der Waals surface area contributed by atoms with Crippen LogP contribution >= 0.6 is 0 Å². The fourth-order valence-electron chi connectivity index (χ4n) is 2.52. The Balaban J connectivity index is 1.83. The molecule has 1 aliphatic carbocycles. The fourth-order valence-corrected chi connectivity index (χ4v) is 2.52. The first kappa shape index (κ1) is 14.3. The molecule has 0 saturated heterocycles. The van der Waals surface area contributed by atoms with Crippen LogP contribution in [0.25, 0.3) is 0 Å². The molecule has 1 saturated carbocycles. The van der Waals surface area contributed by atoms with Crippen molar-refractivity contribution in [3.05, 3.63) is 29.1 Å². The van der Waals surface area contributed by atoms with E-state index >= 15 is 0 Å². The monoisotopic (exact) mass is 292 g/mol. The Hall–Kier alpha value is -1.62. The second-order valence-electron chi connectivity index (χ2n) is 6.16. The van der Waals surface area contributed by atoms with Crippen LogP contribution in [-0.2, 0) is 0 Å². The lowest BCUT2D eigenvalue weighted by atomic mass is 9.93. The van der Waals surface area contributed by atoms with Crippen molar-refractivity contribution in [2.75, 3.05) is 13.2 Å². The summed E-state index contributed by atoms with van der Waals surface area (Å²) in [6.45, 7) is 4.81. The molecule has 1 unspecified atom stereocenters. The number of aliphatic hydroxyl groups is 1. The molecule has 0 bridgehead atoms. The number of nitrogens with one attached hydrogen (secondary N) is 1. The van der Waals surface area contributed by atoms with Crippen LogP contribution in [0.4, 0.5) is 4.39 Å². The normalized spacial score (nSPS) is 23.2. The van der Waals surface area contributed by atoms with Crippen molar-refractivity contribution < 1.29 is 14.2 Å². The van der Waals surface area contributed by atoms with Gasteiger partial charge in [0.1, 0.15) is 18.2 Å². The van der Waals surface area contributed by atoms with Gasteiger partial charge in [-0.25, -0.2) is 4.39 Å². The number of rotatable bonds is 4. The van der Waals surface area contributed by atoms with Gasteiger partial charge in [-0.1, -0.05) is 6.92 Å². The standard InChI is InChI=1S/C16H21FN2O2/c1-10-5-8-18-19-15(10)12-3-4-13(11(2)14(12)17)21-9-16(20)6-7-16/h3-4,10,18,20H,5-9H2,1-2H3. The minimum absolute atomic E-state index is 0.228. The van der Waals surface area contributed by atoms with Gasteiger partial charge in [-0.2, -0.15) is 5.10 Å². The zero-order valence-corrected chi connectivity index (χ0v) is 12.4. The predicted molar refractivity (Wildman–Crippen MR) is 79.1 cm³/mol. The van der Waals surface area contributed by atoms with Gasteiger partial charge in [-0.05, 0) is 38.3 Å². The molecular weight excluding hydrogens is 271 g/mol. The van der Waals surface area contributed by atoms with E-state index in [1.54, 1.807) is 19.1 Å². The van der Waals surface area contributed by atoms with Gasteiger partial charge in [0.2, 0.25) is 0 Å². The molecule has 1 heterocycles. The molecule has 1 aromatic carbocycles. The van der Waals surface area contributed by atoms with Gasteiger partial charge < -0.3 is 15.3 Å². The molecule has 2 N–H and O–H groups in total. The molecule has 1 aromatic rings. The van der Waals surface area contributed by atoms with Crippen LogP contribution in [0.2, 0.25) is 0 Å². The first-order valence-electron chi connectivity index (χ1n) is 7.45. The first-order chi connectivity index (χ1) is 10.0. The maximum atomic E-state index is 14.6. The second-order valence-corrected chi connectivity index (χ2v) is 6.16. The molecule has 114 valence electrons. The van der Waals surface area contributed by atoms with E-state index in [4.69, 9.17) is 4.74 Å². The minimum atomic E-state index is -0.701. The van der Waals surface area contributed by atoms with Crippen molar-refractivity contribution >= 4 is 5.71 Å². The van der Waals surface area contributed by atoms with Gasteiger partial charge in [-0.3, -0.25) is 0 Å². The van der Waals surface area contributed by atoms with Gasteiger partial charge >= 0.3 is 0 Å². The predicted octanol–water partition coefficient (Wildman–Crippen LogP) is 2.37. The van der Waals surface area contributed by atoms with E-state index in [-0.39, 0.29) is 18.3 Å². The molecule has 1 aliphatic heterocycles. The van der Waals surface area contributed by atoms with E-state index in [1.807, 2.05) is 0 Å². The Labute approximate surface area is 124 Å². The summed E-state index contributed by atoms with van der Waals surface area (Å²) in [5, 5.41) is 14.1. The van der Waals surface area contributed by atoms with Gasteiger partial charge in [0.25, 0.3) is 0 Å². The second kappa shape index (κ2) is 5.30. The molecule has 1 fully saturated rings. The molecule has 2 aliphatic rings. The van der Waals surface area contributed by atoms with Crippen LogP contribution in [-0.4, -0.2) is 29.6 Å². The van der Waals surface area contributed by atoms with Crippen molar-refractivity contribution in [3.8, 4) is 5.75 Å². The van der Waals surface area contributed by atoms with Crippen LogP contribution in [0.3, 0.4) is 0 Å². The third-order valence-electron chi connectivity index (χ3n) is 4.29. The Bertz CT molecular complexity index is 582. The minimum Gasteiger partial charge on any atom is -0.490 e. The summed E-state index contributed by atoms with van der Waals surface area (Å²) in [6.07, 6.45) is 2.46. The number of halogens is 1. The molecule has 5 heteroatoms. The fraction of sp³-hybridized carbons (Fsp3) is 0.562. The molecule has 3 rings (SSSR count). The zero-order valence-electron chi connectivity index (χ0n) is 12.4. The third-order valence-corrected chi connectivity index (χ3v) is 4.29. The Kier molecular flexibility index (Phi) is 3.61. The number of ether oxygens (including phenoxy) is 1. The molecule has 21 heavy (non-hydrogen) atoms. The van der Waals surface area contributed by atoms with Crippen molar-refractivity contribution in [1.82, 2.24) is 5.43 Å². The average Bonchev–Trinajstić information content (AvgIpc) is 3.20. The topological polar surface area (TPSA) is 53.9 Å². The summed E-state index contributed by atoms with van der Waals surface area (Å²) >= 11 is 0. The lowest BCUT2D eigenvalue weighted by molar-refractivity contribution is 0.0851. The highest BCUT2D eigenvalue weighted by atomic mass is 19.1. The summed E-state index contributed by atoms with van der Waals surface area (Å²) in [4.78, 5) is 0. The Morgan fingerprint density at radius 3 is 2.90 bits per heavy atom. The molecule has 0 amide bonds. The number of nitrogens with zero attached hydrogens (tertiary/aromatic N) is 1. The highest BCUT2D eigenvalue weighted by Gasteiger charge is 2.41. The van der Waals surface area contributed by atoms with Crippen LogP contribution in [0.5, 0.6) is 5.75 Å². The molecule has 0 radical (unpaired) electrons. The molecule has 1 atom stereocenters. The largest absolute Gasteiger partial charge is 0.490 e. The lowest BCUT2D eigenvalue weighted by Gasteiger charge is -2.22. The Morgan fingerprint density at radius 1 is 1.48 bits per heavy atom. The maximum Gasteiger partial charge on any atom is 0.138 e. The molecule has 0 aromatic heterocycles. The molecule has 0 spiro atoms. The average molecular weight is 292 g/mol. The zero-order chi connectivity index (χ0) is 15.0. The lowest BCUT2D eigenvalue weighted by Crippen LogP contribution is -2.28. The Morgan fingerprint density at radius 2 is 2.24 bits per heavy atom. The van der Waals surface area contributed by atoms with E-state index in [1.165, 1.54) is 0 Å². The summed E-state index contributed by atoms with van der Waals surface area (Å²) in [7, 11) is 0. The van der Waals surface area contributed by atoms with Crippen molar-refractivity contribution in [1.29, 1.82) is 0 Å². The van der Waals surface area contributed by atoms with E-state index in [0.29, 0.717) is 16.9 Å². The quantitative estimate of drug-likeness (QED) is 0.896. The first-order valence-corrected chi connectivity index (χ1v) is 7.45. The molecular formula is C16H21FN2O2. The molecule has 4 nitrogen and oxygen atoms in total. The van der Waals surface area contributed by atoms with Crippen molar-refractivity contribution in [3.63, 3.8) is 0 Å². The van der Waals surface area contributed by atoms with Gasteiger partial charge in [0.05, 0.1) is 11.3 Å². The number of hydrogen-bond donors (Lipinski definition) is 2. The van der Waals surface area contributed by atoms with Crippen LogP contribution in [0, 0.1) is 18.7 Å². The summed E-state index contributed by atoms with van der Waals surface area (Å²) in [5.74, 6) is 0.442. The van der Waals surface area contributed by atoms with Gasteiger partial charge in [0.15, 0.2) is 0 Å². The van der Waals surface area contributed by atoms with Crippen LogP contribution in [0.15, 0.2) is 17.2 Å². The summed E-state index contributed by atoms with van der Waals surface area (Å²) in [5.41, 5.74) is 3.99. The van der Waals surface area contributed by atoms with E-state index in [2.05, 4.69) is 17.5 Å². The maximum absolute atomic E-state index is 14.6. The third kappa shape index (κ3) is 2.88. The van der Waals surface area contributed by atoms with Crippen LogP contribution in [0.1, 0.15) is 37.3 Å². The number of hydrazone groups is 1. The van der Waals surface area contributed by atoms with Gasteiger partial charge in [0, 0.05) is 23.6 Å². The summed E-state index contributed by atoms with van der Waals surface area (Å²) < 4.78 is 20.2. The van der Waals surface area contributed by atoms with E-state index in [0.717, 1.165) is 31.5 Å². The van der Waals surface area contributed by atoms with E-state index < -0.39 is 5.60 Å². The van der Waals surface area contributed by atoms with Crippen molar-refractivity contribution in [2.45, 2.75) is 38.7 Å². The smallest absolute Gasteiger partial charge is 0.138 e. The van der Waals surface area contributed by atoms with Gasteiger partial charge in [-0.15, -0.1) is 0 Å². The van der Waals surface area contributed by atoms with Crippen molar-refractivity contribution in [2.24, 2.45) is 11.0 Å².